The first-order chi connectivity index (χ1) is 11.1. The highest BCUT2D eigenvalue weighted by Gasteiger charge is 2.28. The number of rotatable bonds is 4. The van der Waals surface area contributed by atoms with Gasteiger partial charge in [-0.25, -0.2) is 4.98 Å². The quantitative estimate of drug-likeness (QED) is 0.938. The molecule has 23 heavy (non-hydrogen) atoms. The summed E-state index contributed by atoms with van der Waals surface area (Å²) in [5, 5.41) is 2.92. The van der Waals surface area contributed by atoms with Gasteiger partial charge >= 0.3 is 0 Å². The van der Waals surface area contributed by atoms with Crippen molar-refractivity contribution in [1.29, 1.82) is 0 Å². The molecular formula is C18H23N3OS. The topological polar surface area (TPSA) is 59.2 Å². The number of piperidine rings is 1. The lowest BCUT2D eigenvalue weighted by Crippen LogP contribution is -2.48. The number of amides is 1. The fourth-order valence-electron chi connectivity index (χ4n) is 3.08. The van der Waals surface area contributed by atoms with E-state index in [1.807, 2.05) is 16.3 Å². The maximum Gasteiger partial charge on any atom is 0.273 e. The Balaban J connectivity index is 1.61. The van der Waals surface area contributed by atoms with Crippen molar-refractivity contribution in [2.24, 2.45) is 5.73 Å². The Morgan fingerprint density at radius 2 is 2.13 bits per heavy atom. The molecule has 1 aromatic carbocycles. The monoisotopic (exact) mass is 329 g/mol. The first-order valence-corrected chi connectivity index (χ1v) is 9.06. The van der Waals surface area contributed by atoms with Crippen LogP contribution in [0.4, 0.5) is 0 Å². The number of benzene rings is 1. The van der Waals surface area contributed by atoms with Gasteiger partial charge in [0.05, 0.1) is 5.01 Å². The Morgan fingerprint density at radius 1 is 1.35 bits per heavy atom. The number of thiazole rings is 1. The van der Waals surface area contributed by atoms with E-state index in [1.165, 1.54) is 5.56 Å². The Morgan fingerprint density at radius 3 is 2.87 bits per heavy atom. The molecule has 1 aliphatic heterocycles. The number of nitrogens with two attached hydrogens (primary N) is 1. The average Bonchev–Trinajstić information content (AvgIpc) is 3.02. The van der Waals surface area contributed by atoms with Gasteiger partial charge in [-0.3, -0.25) is 4.79 Å². The van der Waals surface area contributed by atoms with Crippen LogP contribution in [0.3, 0.4) is 0 Å². The van der Waals surface area contributed by atoms with Gasteiger partial charge in [-0.2, -0.15) is 0 Å². The van der Waals surface area contributed by atoms with E-state index in [-0.39, 0.29) is 18.0 Å². The summed E-state index contributed by atoms with van der Waals surface area (Å²) in [5.74, 6) is 0.0478. The van der Waals surface area contributed by atoms with Crippen LogP contribution in [0.2, 0.25) is 0 Å². The van der Waals surface area contributed by atoms with Crippen LogP contribution < -0.4 is 5.73 Å². The van der Waals surface area contributed by atoms with E-state index < -0.39 is 0 Å². The minimum Gasteiger partial charge on any atom is -0.334 e. The van der Waals surface area contributed by atoms with Gasteiger partial charge < -0.3 is 10.6 Å². The summed E-state index contributed by atoms with van der Waals surface area (Å²) in [6, 6.07) is 10.8. The molecule has 4 nitrogen and oxygen atoms in total. The molecule has 3 rings (SSSR count). The second kappa shape index (κ2) is 7.23. The van der Waals surface area contributed by atoms with Crippen LogP contribution in [0.1, 0.15) is 40.8 Å². The summed E-state index contributed by atoms with van der Waals surface area (Å²) in [5.41, 5.74) is 7.86. The molecule has 2 aromatic rings. The second-order valence-corrected chi connectivity index (χ2v) is 7.19. The number of aromatic nitrogens is 1. The molecule has 0 radical (unpaired) electrons. The van der Waals surface area contributed by atoms with E-state index in [0.29, 0.717) is 5.69 Å². The van der Waals surface area contributed by atoms with Crippen LogP contribution in [0.15, 0.2) is 35.7 Å². The molecule has 2 unspecified atom stereocenters. The van der Waals surface area contributed by atoms with Crippen molar-refractivity contribution in [3.05, 3.63) is 52.0 Å². The standard InChI is InChI=1S/C18H23N3OS/c1-13-11-15(19)9-10-21(13)18(22)16-12-23-17(20-16)8-7-14-5-3-2-4-6-14/h2-6,12-13,15H,7-11,19H2,1H3. The fourth-order valence-corrected chi connectivity index (χ4v) is 3.85. The number of carbonyl (C=O) groups is 1. The number of likely N-dealkylation sites (tertiary alicyclic amines) is 1. The van der Waals surface area contributed by atoms with E-state index in [0.717, 1.165) is 37.2 Å². The van der Waals surface area contributed by atoms with Gasteiger partial charge in [-0.05, 0) is 31.7 Å². The maximum absolute atomic E-state index is 12.6. The minimum atomic E-state index is 0.0478. The first kappa shape index (κ1) is 16.1. The van der Waals surface area contributed by atoms with Crippen LogP contribution in [0.25, 0.3) is 0 Å². The third-order valence-electron chi connectivity index (χ3n) is 4.42. The lowest BCUT2D eigenvalue weighted by atomic mass is 9.99. The molecule has 0 bridgehead atoms. The summed E-state index contributed by atoms with van der Waals surface area (Å²) < 4.78 is 0. The largest absolute Gasteiger partial charge is 0.334 e. The zero-order valence-corrected chi connectivity index (χ0v) is 14.3. The number of hydrogen-bond acceptors (Lipinski definition) is 4. The van der Waals surface area contributed by atoms with Crippen molar-refractivity contribution in [3.63, 3.8) is 0 Å². The van der Waals surface area contributed by atoms with Gasteiger partial charge in [-0.1, -0.05) is 30.3 Å². The highest BCUT2D eigenvalue weighted by Crippen LogP contribution is 2.20. The minimum absolute atomic E-state index is 0.0478. The summed E-state index contributed by atoms with van der Waals surface area (Å²) in [6.45, 7) is 2.80. The lowest BCUT2D eigenvalue weighted by molar-refractivity contribution is 0.0613. The molecular weight excluding hydrogens is 306 g/mol. The normalized spacial score (nSPS) is 21.4. The SMILES string of the molecule is CC1CC(N)CCN1C(=O)c1csc(CCc2ccccc2)n1. The number of aryl methyl sites for hydroxylation is 2. The van der Waals surface area contributed by atoms with E-state index >= 15 is 0 Å². The zero-order valence-electron chi connectivity index (χ0n) is 13.4. The summed E-state index contributed by atoms with van der Waals surface area (Å²) in [6.07, 6.45) is 3.58. The number of carbonyl (C=O) groups excluding carboxylic acids is 1. The molecule has 0 saturated carbocycles. The van der Waals surface area contributed by atoms with Crippen LogP contribution in [0, 0.1) is 0 Å². The molecule has 1 fully saturated rings. The van der Waals surface area contributed by atoms with Gasteiger partial charge in [-0.15, -0.1) is 11.3 Å². The summed E-state index contributed by atoms with van der Waals surface area (Å²) in [7, 11) is 0. The van der Waals surface area contributed by atoms with Gasteiger partial charge in [0.25, 0.3) is 5.91 Å². The lowest BCUT2D eigenvalue weighted by Gasteiger charge is -2.35. The molecule has 0 spiro atoms. The van der Waals surface area contributed by atoms with Crippen LogP contribution in [-0.2, 0) is 12.8 Å². The Labute approximate surface area is 141 Å². The van der Waals surface area contributed by atoms with Crippen molar-refractivity contribution < 1.29 is 4.79 Å². The molecule has 0 aliphatic carbocycles. The van der Waals surface area contributed by atoms with Crippen molar-refractivity contribution in [2.45, 2.75) is 44.7 Å². The first-order valence-electron chi connectivity index (χ1n) is 8.18. The molecule has 2 N–H and O–H groups in total. The predicted octanol–water partition coefficient (Wildman–Crippen LogP) is 2.88. The van der Waals surface area contributed by atoms with Gasteiger partial charge in [0.2, 0.25) is 0 Å². The Kier molecular flexibility index (Phi) is 5.08. The highest BCUT2D eigenvalue weighted by atomic mass is 32.1. The van der Waals surface area contributed by atoms with Crippen LogP contribution >= 0.6 is 11.3 Å². The van der Waals surface area contributed by atoms with Crippen molar-refractivity contribution in [3.8, 4) is 0 Å². The predicted molar refractivity (Wildman–Crippen MR) is 93.7 cm³/mol. The third kappa shape index (κ3) is 3.98. The maximum atomic E-state index is 12.6. The van der Waals surface area contributed by atoms with Gasteiger partial charge in [0.1, 0.15) is 5.69 Å². The van der Waals surface area contributed by atoms with E-state index in [1.54, 1.807) is 11.3 Å². The van der Waals surface area contributed by atoms with Crippen molar-refractivity contribution in [2.75, 3.05) is 6.54 Å². The van der Waals surface area contributed by atoms with E-state index in [4.69, 9.17) is 5.73 Å². The highest BCUT2D eigenvalue weighted by molar-refractivity contribution is 7.09. The molecule has 122 valence electrons. The average molecular weight is 329 g/mol. The summed E-state index contributed by atoms with van der Waals surface area (Å²) >= 11 is 1.58. The zero-order chi connectivity index (χ0) is 16.2. The number of hydrogen-bond donors (Lipinski definition) is 1. The smallest absolute Gasteiger partial charge is 0.273 e. The molecule has 1 aliphatic rings. The van der Waals surface area contributed by atoms with Crippen molar-refractivity contribution >= 4 is 17.2 Å². The van der Waals surface area contributed by atoms with Crippen LogP contribution in [0.5, 0.6) is 0 Å². The molecule has 2 atom stereocenters. The molecule has 1 aromatic heterocycles. The van der Waals surface area contributed by atoms with E-state index in [2.05, 4.69) is 36.2 Å². The molecule has 1 saturated heterocycles. The molecule has 2 heterocycles. The van der Waals surface area contributed by atoms with Gasteiger partial charge in [0, 0.05) is 30.4 Å². The van der Waals surface area contributed by atoms with Gasteiger partial charge in [0.15, 0.2) is 0 Å². The molecule has 5 heteroatoms. The van der Waals surface area contributed by atoms with Crippen molar-refractivity contribution in [1.82, 2.24) is 9.88 Å². The van der Waals surface area contributed by atoms with Crippen LogP contribution in [-0.4, -0.2) is 34.4 Å². The Bertz CT molecular complexity index is 655. The molecule has 1 amide bonds. The Hall–Kier alpha value is -1.72. The fraction of sp³-hybridized carbons (Fsp3) is 0.444. The van der Waals surface area contributed by atoms with E-state index in [9.17, 15) is 4.79 Å². The third-order valence-corrected chi connectivity index (χ3v) is 5.33. The number of nitrogens with zero attached hydrogens (tertiary/aromatic N) is 2. The summed E-state index contributed by atoms with van der Waals surface area (Å²) in [4.78, 5) is 19.1. The second-order valence-electron chi connectivity index (χ2n) is 6.24.